The van der Waals surface area contributed by atoms with Gasteiger partial charge in [-0.3, -0.25) is 14.4 Å². The highest BCUT2D eigenvalue weighted by molar-refractivity contribution is 6.01. The fourth-order valence-corrected chi connectivity index (χ4v) is 1.19. The van der Waals surface area contributed by atoms with Crippen LogP contribution in [0.1, 0.15) is 5.56 Å². The molecule has 2 N–H and O–H groups in total. The maximum absolute atomic E-state index is 11.2. The first kappa shape index (κ1) is 12.6. The summed E-state index contributed by atoms with van der Waals surface area (Å²) in [5.41, 5.74) is 1.19. The molecule has 0 saturated carbocycles. The minimum Gasteiger partial charge on any atom is -0.481 e. The number of rotatable bonds is 5. The minimum atomic E-state index is -0.907. The van der Waals surface area contributed by atoms with Gasteiger partial charge in [-0.15, -0.1) is 0 Å². The molecule has 0 aliphatic rings. The van der Waals surface area contributed by atoms with Crippen LogP contribution in [0.15, 0.2) is 36.4 Å². The van der Waals surface area contributed by atoms with Crippen molar-refractivity contribution in [3.63, 3.8) is 0 Å². The van der Waals surface area contributed by atoms with Crippen molar-refractivity contribution in [1.29, 1.82) is 0 Å². The van der Waals surface area contributed by atoms with Gasteiger partial charge in [-0.1, -0.05) is 12.1 Å². The van der Waals surface area contributed by atoms with Crippen molar-refractivity contribution in [3.8, 4) is 0 Å². The topological polar surface area (TPSA) is 83.5 Å². The highest BCUT2D eigenvalue weighted by Gasteiger charge is 2.01. The lowest BCUT2D eigenvalue weighted by atomic mass is 10.1. The molecule has 0 aromatic heterocycles. The van der Waals surface area contributed by atoms with Gasteiger partial charge in [0, 0.05) is 11.8 Å². The molecule has 5 heteroatoms. The van der Waals surface area contributed by atoms with Gasteiger partial charge in [-0.25, -0.2) is 0 Å². The van der Waals surface area contributed by atoms with E-state index in [-0.39, 0.29) is 6.42 Å². The molecule has 0 spiro atoms. The number of carboxylic acid groups (broad SMARTS) is 1. The summed E-state index contributed by atoms with van der Waals surface area (Å²) in [4.78, 5) is 31.6. The Bertz CT molecular complexity index is 448. The molecule has 0 bridgehead atoms. The van der Waals surface area contributed by atoms with Gasteiger partial charge in [0.1, 0.15) is 6.29 Å². The third kappa shape index (κ3) is 4.74. The van der Waals surface area contributed by atoms with Crippen LogP contribution in [0.3, 0.4) is 0 Å². The number of aliphatic carboxylic acids is 1. The van der Waals surface area contributed by atoms with Crippen LogP contribution in [0.4, 0.5) is 5.69 Å². The van der Waals surface area contributed by atoms with Crippen molar-refractivity contribution in [2.45, 2.75) is 6.42 Å². The average Bonchev–Trinajstić information content (AvgIpc) is 2.28. The molecule has 0 heterocycles. The second-order valence-electron chi connectivity index (χ2n) is 3.25. The van der Waals surface area contributed by atoms with E-state index in [4.69, 9.17) is 5.11 Å². The van der Waals surface area contributed by atoms with Crippen LogP contribution in [0.2, 0.25) is 0 Å². The van der Waals surface area contributed by atoms with Gasteiger partial charge in [0.25, 0.3) is 0 Å². The van der Waals surface area contributed by atoms with E-state index in [1.807, 2.05) is 0 Å². The third-order valence-electron chi connectivity index (χ3n) is 1.90. The maximum Gasteiger partial charge on any atom is 0.307 e. The lowest BCUT2D eigenvalue weighted by Crippen LogP contribution is -2.08. The number of carbonyl (C=O) groups is 3. The Morgan fingerprint density at radius 1 is 1.24 bits per heavy atom. The molecule has 1 rings (SSSR count). The zero-order valence-electron chi connectivity index (χ0n) is 8.92. The zero-order chi connectivity index (χ0) is 12.7. The molecule has 1 aromatic rings. The van der Waals surface area contributed by atoms with Gasteiger partial charge in [0.05, 0.1) is 6.42 Å². The first-order valence-electron chi connectivity index (χ1n) is 4.85. The fourth-order valence-electron chi connectivity index (χ4n) is 1.19. The van der Waals surface area contributed by atoms with Crippen molar-refractivity contribution < 1.29 is 19.5 Å². The van der Waals surface area contributed by atoms with Gasteiger partial charge < -0.3 is 10.4 Å². The Hall–Kier alpha value is -2.43. The summed E-state index contributed by atoms with van der Waals surface area (Å²) in [6, 6.07) is 6.44. The molecule has 1 aromatic carbocycles. The summed E-state index contributed by atoms with van der Waals surface area (Å²) in [6.07, 6.45) is 2.65. The van der Waals surface area contributed by atoms with E-state index in [0.29, 0.717) is 17.5 Å². The summed E-state index contributed by atoms with van der Waals surface area (Å²) >= 11 is 0. The Morgan fingerprint density at radius 2 is 1.88 bits per heavy atom. The van der Waals surface area contributed by atoms with Gasteiger partial charge in [-0.2, -0.15) is 0 Å². The second-order valence-corrected chi connectivity index (χ2v) is 3.25. The molecule has 17 heavy (non-hydrogen) atoms. The van der Waals surface area contributed by atoms with E-state index in [9.17, 15) is 14.4 Å². The molecular formula is C12H11NO4. The monoisotopic (exact) mass is 233 g/mol. The van der Waals surface area contributed by atoms with Crippen LogP contribution in [-0.2, 0) is 20.8 Å². The highest BCUT2D eigenvalue weighted by Crippen LogP contribution is 2.10. The fraction of sp³-hybridized carbons (Fsp3) is 0.0833. The zero-order valence-corrected chi connectivity index (χ0v) is 8.92. The normalized spacial score (nSPS) is 10.1. The SMILES string of the molecule is O=C/C=C\C(=O)Nc1ccc(CC(=O)O)cc1. The number of amides is 1. The van der Waals surface area contributed by atoms with Crippen LogP contribution >= 0.6 is 0 Å². The van der Waals surface area contributed by atoms with Crippen LogP contribution in [0.25, 0.3) is 0 Å². The van der Waals surface area contributed by atoms with Crippen LogP contribution < -0.4 is 5.32 Å². The molecule has 0 radical (unpaired) electrons. The van der Waals surface area contributed by atoms with E-state index in [1.165, 1.54) is 0 Å². The highest BCUT2D eigenvalue weighted by atomic mass is 16.4. The van der Waals surface area contributed by atoms with Crippen LogP contribution in [0.5, 0.6) is 0 Å². The van der Waals surface area contributed by atoms with Crippen molar-refractivity contribution in [1.82, 2.24) is 0 Å². The number of aldehydes is 1. The lowest BCUT2D eigenvalue weighted by Gasteiger charge is -2.03. The molecule has 0 fully saturated rings. The summed E-state index contributed by atoms with van der Waals surface area (Å²) in [5.74, 6) is -1.32. The lowest BCUT2D eigenvalue weighted by molar-refractivity contribution is -0.136. The molecule has 0 aliphatic heterocycles. The van der Waals surface area contributed by atoms with E-state index in [2.05, 4.69) is 5.32 Å². The molecule has 0 unspecified atom stereocenters. The van der Waals surface area contributed by atoms with E-state index in [1.54, 1.807) is 24.3 Å². The maximum atomic E-state index is 11.2. The molecule has 0 atom stereocenters. The van der Waals surface area contributed by atoms with Crippen molar-refractivity contribution in [2.24, 2.45) is 0 Å². The third-order valence-corrected chi connectivity index (χ3v) is 1.90. The van der Waals surface area contributed by atoms with Gasteiger partial charge in [0.15, 0.2) is 0 Å². The Morgan fingerprint density at radius 3 is 2.41 bits per heavy atom. The van der Waals surface area contributed by atoms with E-state index in [0.717, 1.165) is 12.2 Å². The number of hydrogen-bond acceptors (Lipinski definition) is 3. The van der Waals surface area contributed by atoms with E-state index >= 15 is 0 Å². The van der Waals surface area contributed by atoms with Crippen molar-refractivity contribution >= 4 is 23.9 Å². The minimum absolute atomic E-state index is 0.0563. The first-order chi connectivity index (χ1) is 8.11. The quantitative estimate of drug-likeness (QED) is 0.587. The van der Waals surface area contributed by atoms with Crippen LogP contribution in [-0.4, -0.2) is 23.3 Å². The summed E-state index contributed by atoms with van der Waals surface area (Å²) in [5, 5.41) is 11.1. The molecular weight excluding hydrogens is 222 g/mol. The number of nitrogens with one attached hydrogen (secondary N) is 1. The summed E-state index contributed by atoms with van der Waals surface area (Å²) < 4.78 is 0. The largest absolute Gasteiger partial charge is 0.481 e. The Balaban J connectivity index is 2.62. The average molecular weight is 233 g/mol. The predicted octanol–water partition coefficient (Wildman–Crippen LogP) is 1.01. The number of allylic oxidation sites excluding steroid dienone is 1. The molecule has 1 amide bonds. The number of carboxylic acids is 1. The molecule has 5 nitrogen and oxygen atoms in total. The first-order valence-corrected chi connectivity index (χ1v) is 4.85. The number of benzene rings is 1. The number of hydrogen-bond donors (Lipinski definition) is 2. The predicted molar refractivity (Wildman–Crippen MR) is 61.6 cm³/mol. The Labute approximate surface area is 97.8 Å². The standard InChI is InChI=1S/C12H11NO4/c14-7-1-2-11(15)13-10-5-3-9(4-6-10)8-12(16)17/h1-7H,8H2,(H,13,15)(H,16,17)/b2-1-. The molecule has 0 saturated heterocycles. The number of anilines is 1. The Kier molecular flexibility index (Phi) is 4.62. The van der Waals surface area contributed by atoms with Gasteiger partial charge in [0.2, 0.25) is 5.91 Å². The van der Waals surface area contributed by atoms with Gasteiger partial charge in [-0.05, 0) is 23.8 Å². The van der Waals surface area contributed by atoms with Crippen LogP contribution in [0, 0.1) is 0 Å². The smallest absolute Gasteiger partial charge is 0.307 e. The molecule has 88 valence electrons. The van der Waals surface area contributed by atoms with E-state index < -0.39 is 11.9 Å². The molecule has 0 aliphatic carbocycles. The van der Waals surface area contributed by atoms with Gasteiger partial charge >= 0.3 is 5.97 Å². The van der Waals surface area contributed by atoms with Crippen molar-refractivity contribution in [3.05, 3.63) is 42.0 Å². The summed E-state index contributed by atoms with van der Waals surface area (Å²) in [7, 11) is 0. The summed E-state index contributed by atoms with van der Waals surface area (Å²) in [6.45, 7) is 0. The van der Waals surface area contributed by atoms with Crippen molar-refractivity contribution in [2.75, 3.05) is 5.32 Å². The second kappa shape index (κ2) is 6.22. The number of carbonyl (C=O) groups excluding carboxylic acids is 2.